The van der Waals surface area contributed by atoms with Crippen LogP contribution in [-0.2, 0) is 6.54 Å². The minimum Gasteiger partial charge on any atom is -0.338 e. The van der Waals surface area contributed by atoms with E-state index in [0.717, 1.165) is 6.54 Å². The van der Waals surface area contributed by atoms with Crippen molar-refractivity contribution in [3.8, 4) is 0 Å². The van der Waals surface area contributed by atoms with E-state index in [1.165, 1.54) is 4.90 Å². The highest BCUT2D eigenvalue weighted by atomic mass is 16.2. The fourth-order valence-electron chi connectivity index (χ4n) is 1.53. The second-order valence-corrected chi connectivity index (χ2v) is 4.00. The molecule has 0 fully saturated rings. The highest BCUT2D eigenvalue weighted by Gasteiger charge is 2.08. The van der Waals surface area contributed by atoms with Crippen molar-refractivity contribution in [1.82, 2.24) is 19.5 Å². The maximum absolute atomic E-state index is 11.6. The number of aromatic nitrogens is 4. The number of hydrogen-bond donors (Lipinski definition) is 3. The van der Waals surface area contributed by atoms with Gasteiger partial charge in [-0.15, -0.1) is 0 Å². The summed E-state index contributed by atoms with van der Waals surface area (Å²) in [6.07, 6.45) is 1.57. The molecule has 0 aliphatic carbocycles. The highest BCUT2D eigenvalue weighted by molar-refractivity contribution is 5.68. The Morgan fingerprint density at radius 3 is 2.81 bits per heavy atom. The minimum absolute atomic E-state index is 0.336. The van der Waals surface area contributed by atoms with E-state index in [0.29, 0.717) is 17.7 Å². The van der Waals surface area contributed by atoms with E-state index in [4.69, 9.17) is 0 Å². The maximum Gasteiger partial charge on any atom is 0.327 e. The number of likely N-dealkylation sites (N-methyl/N-ethyl adjacent to an activating group) is 1. The van der Waals surface area contributed by atoms with Crippen molar-refractivity contribution in [2.45, 2.75) is 6.54 Å². The Bertz CT molecular complexity index is 606. The molecule has 0 aliphatic rings. The van der Waals surface area contributed by atoms with Crippen molar-refractivity contribution < 1.29 is 4.90 Å². The molecule has 2 rings (SSSR count). The molecule has 0 bridgehead atoms. The molecule has 0 spiro atoms. The highest BCUT2D eigenvalue weighted by Crippen LogP contribution is 2.00. The molecule has 16 heavy (non-hydrogen) atoms. The molecule has 0 aromatic carbocycles. The Morgan fingerprint density at radius 2 is 2.12 bits per heavy atom. The number of imidazole rings is 1. The summed E-state index contributed by atoms with van der Waals surface area (Å²) in [7, 11) is 4.07. The maximum atomic E-state index is 11.6. The molecule has 2 heterocycles. The third-order valence-electron chi connectivity index (χ3n) is 2.36. The molecule has 86 valence electrons. The summed E-state index contributed by atoms with van der Waals surface area (Å²) >= 11 is 0. The second-order valence-electron chi connectivity index (χ2n) is 4.00. The Labute approximate surface area is 90.7 Å². The van der Waals surface area contributed by atoms with Gasteiger partial charge in [0.2, 0.25) is 0 Å². The van der Waals surface area contributed by atoms with Crippen LogP contribution in [0.15, 0.2) is 15.9 Å². The lowest BCUT2D eigenvalue weighted by Gasteiger charge is -2.07. The monoisotopic (exact) mass is 224 g/mol. The van der Waals surface area contributed by atoms with E-state index in [-0.39, 0.29) is 0 Å². The first-order valence-electron chi connectivity index (χ1n) is 5.04. The predicted octanol–water partition coefficient (Wildman–Crippen LogP) is -2.44. The van der Waals surface area contributed by atoms with Gasteiger partial charge in [0.25, 0.3) is 5.56 Å². The van der Waals surface area contributed by atoms with Crippen molar-refractivity contribution >= 4 is 11.2 Å². The fourth-order valence-corrected chi connectivity index (χ4v) is 1.53. The quantitative estimate of drug-likeness (QED) is 0.541. The standard InChI is InChI=1S/C9H13N5O2/c1-13(2)3-4-14-5-10-7-6(14)8(15)12-9(16)11-7/h5H,3-4H2,1-2H3,(H2,11,12,15,16)/p+1. The smallest absolute Gasteiger partial charge is 0.327 e. The molecule has 7 nitrogen and oxygen atoms in total. The Balaban J connectivity index is 2.48. The lowest BCUT2D eigenvalue weighted by atomic mass is 10.5. The zero-order valence-electron chi connectivity index (χ0n) is 9.20. The number of quaternary nitrogens is 1. The topological polar surface area (TPSA) is 88.0 Å². The summed E-state index contributed by atoms with van der Waals surface area (Å²) in [5.41, 5.74) is -0.172. The van der Waals surface area contributed by atoms with Crippen molar-refractivity contribution in [2.75, 3.05) is 20.6 Å². The Kier molecular flexibility index (Phi) is 2.61. The molecule has 3 N–H and O–H groups in total. The van der Waals surface area contributed by atoms with Gasteiger partial charge in [0.05, 0.1) is 33.5 Å². The van der Waals surface area contributed by atoms with Crippen LogP contribution in [0.1, 0.15) is 0 Å². The van der Waals surface area contributed by atoms with Gasteiger partial charge in [0.15, 0.2) is 11.2 Å². The van der Waals surface area contributed by atoms with Crippen LogP contribution in [0.3, 0.4) is 0 Å². The molecule has 0 atom stereocenters. The van der Waals surface area contributed by atoms with Crippen LogP contribution >= 0.6 is 0 Å². The van der Waals surface area contributed by atoms with Crippen LogP contribution in [0.2, 0.25) is 0 Å². The number of nitrogens with zero attached hydrogens (tertiary/aromatic N) is 2. The molecule has 0 unspecified atom stereocenters. The molecular weight excluding hydrogens is 210 g/mol. The van der Waals surface area contributed by atoms with Crippen molar-refractivity contribution in [1.29, 1.82) is 0 Å². The van der Waals surface area contributed by atoms with Gasteiger partial charge in [-0.1, -0.05) is 0 Å². The lowest BCUT2D eigenvalue weighted by molar-refractivity contribution is -0.858. The van der Waals surface area contributed by atoms with E-state index in [9.17, 15) is 9.59 Å². The van der Waals surface area contributed by atoms with Crippen molar-refractivity contribution in [2.24, 2.45) is 0 Å². The average Bonchev–Trinajstić information content (AvgIpc) is 2.57. The van der Waals surface area contributed by atoms with Crippen LogP contribution in [-0.4, -0.2) is 40.2 Å². The summed E-state index contributed by atoms with van der Waals surface area (Å²) in [5.74, 6) is 0. The number of hydrogen-bond acceptors (Lipinski definition) is 3. The minimum atomic E-state index is -0.527. The van der Waals surface area contributed by atoms with E-state index in [2.05, 4.69) is 15.0 Å². The van der Waals surface area contributed by atoms with Crippen LogP contribution in [0.4, 0.5) is 0 Å². The van der Waals surface area contributed by atoms with Crippen LogP contribution in [0.5, 0.6) is 0 Å². The van der Waals surface area contributed by atoms with Gasteiger partial charge < -0.3 is 9.47 Å². The molecule has 0 radical (unpaired) electrons. The zero-order chi connectivity index (χ0) is 11.7. The van der Waals surface area contributed by atoms with Crippen molar-refractivity contribution in [3.63, 3.8) is 0 Å². The molecule has 0 saturated carbocycles. The molecule has 0 amide bonds. The van der Waals surface area contributed by atoms with E-state index < -0.39 is 11.2 Å². The molecule has 2 aromatic rings. The number of nitrogens with one attached hydrogen (secondary N) is 3. The summed E-state index contributed by atoms with van der Waals surface area (Å²) in [6, 6.07) is 0. The van der Waals surface area contributed by atoms with E-state index >= 15 is 0 Å². The molecule has 0 aliphatic heterocycles. The first-order chi connectivity index (χ1) is 7.58. The molecule has 7 heteroatoms. The van der Waals surface area contributed by atoms with Gasteiger partial charge in [0.1, 0.15) is 0 Å². The van der Waals surface area contributed by atoms with Crippen molar-refractivity contribution in [3.05, 3.63) is 27.2 Å². The number of H-pyrrole nitrogens is 2. The van der Waals surface area contributed by atoms with Crippen LogP contribution in [0, 0.1) is 0 Å². The lowest BCUT2D eigenvalue weighted by Crippen LogP contribution is -3.06. The Morgan fingerprint density at radius 1 is 1.38 bits per heavy atom. The third kappa shape index (κ3) is 1.89. The van der Waals surface area contributed by atoms with E-state index in [1.807, 2.05) is 14.1 Å². The second kappa shape index (κ2) is 3.93. The first-order valence-corrected chi connectivity index (χ1v) is 5.04. The number of aromatic amines is 2. The summed E-state index contributed by atoms with van der Waals surface area (Å²) in [4.78, 5) is 32.6. The largest absolute Gasteiger partial charge is 0.338 e. The Hall–Kier alpha value is -1.89. The normalized spacial score (nSPS) is 11.4. The van der Waals surface area contributed by atoms with Crippen LogP contribution in [0.25, 0.3) is 11.2 Å². The van der Waals surface area contributed by atoms with Gasteiger partial charge in [0, 0.05) is 0 Å². The third-order valence-corrected chi connectivity index (χ3v) is 2.36. The summed E-state index contributed by atoms with van der Waals surface area (Å²) < 4.78 is 1.75. The first kappa shape index (κ1) is 10.6. The summed E-state index contributed by atoms with van der Waals surface area (Å²) in [5, 5.41) is 0. The van der Waals surface area contributed by atoms with Crippen LogP contribution < -0.4 is 16.1 Å². The van der Waals surface area contributed by atoms with Gasteiger partial charge in [-0.2, -0.15) is 0 Å². The number of fused-ring (bicyclic) bond motifs is 1. The number of rotatable bonds is 3. The van der Waals surface area contributed by atoms with Gasteiger partial charge in [-0.05, 0) is 0 Å². The predicted molar refractivity (Wildman–Crippen MR) is 58.7 cm³/mol. The van der Waals surface area contributed by atoms with Gasteiger partial charge in [-0.3, -0.25) is 14.8 Å². The average molecular weight is 224 g/mol. The zero-order valence-corrected chi connectivity index (χ0v) is 9.20. The SMILES string of the molecule is C[NH+](C)CCn1cnc2[nH]c(=O)[nH]c(=O)c21. The van der Waals surface area contributed by atoms with Gasteiger partial charge >= 0.3 is 5.69 Å². The molecule has 2 aromatic heterocycles. The van der Waals surface area contributed by atoms with Gasteiger partial charge in [-0.25, -0.2) is 9.78 Å². The van der Waals surface area contributed by atoms with E-state index in [1.54, 1.807) is 10.9 Å². The molecular formula is C9H14N5O2+. The summed E-state index contributed by atoms with van der Waals surface area (Å²) in [6.45, 7) is 1.57. The fraction of sp³-hybridized carbons (Fsp3) is 0.444. The molecule has 0 saturated heterocycles.